The van der Waals surface area contributed by atoms with Gasteiger partial charge in [-0.3, -0.25) is 4.79 Å². The summed E-state index contributed by atoms with van der Waals surface area (Å²) in [6.07, 6.45) is 0. The summed E-state index contributed by atoms with van der Waals surface area (Å²) in [4.78, 5) is 10.9. The maximum atomic E-state index is 13.7. The zero-order valence-electron chi connectivity index (χ0n) is 9.42. The standard InChI is InChI=1S/C12H14BrFO2/c1-6(2)9-4-8(7(3)12(15)16)5-10(13)11(9)14/h4-7H,1-3H3,(H,15,16). The predicted octanol–water partition coefficient (Wildman–Crippen LogP) is 3.90. The molecule has 0 spiro atoms. The lowest BCUT2D eigenvalue weighted by molar-refractivity contribution is -0.138. The highest BCUT2D eigenvalue weighted by molar-refractivity contribution is 9.10. The first kappa shape index (κ1) is 13.2. The van der Waals surface area contributed by atoms with Crippen LogP contribution in [0, 0.1) is 5.82 Å². The normalized spacial score (nSPS) is 12.9. The third-order valence-corrected chi connectivity index (χ3v) is 3.15. The van der Waals surface area contributed by atoms with Crippen molar-refractivity contribution in [1.82, 2.24) is 0 Å². The fraction of sp³-hybridized carbons (Fsp3) is 0.417. The first-order valence-electron chi connectivity index (χ1n) is 5.06. The van der Waals surface area contributed by atoms with Crippen molar-refractivity contribution in [2.45, 2.75) is 32.6 Å². The smallest absolute Gasteiger partial charge is 0.310 e. The van der Waals surface area contributed by atoms with Crippen molar-refractivity contribution in [2.75, 3.05) is 0 Å². The highest BCUT2D eigenvalue weighted by atomic mass is 79.9. The van der Waals surface area contributed by atoms with Crippen molar-refractivity contribution in [3.63, 3.8) is 0 Å². The Balaban J connectivity index is 3.29. The van der Waals surface area contributed by atoms with Crippen molar-refractivity contribution in [3.05, 3.63) is 33.5 Å². The van der Waals surface area contributed by atoms with Gasteiger partial charge in [0.05, 0.1) is 10.4 Å². The van der Waals surface area contributed by atoms with Crippen LogP contribution in [0.25, 0.3) is 0 Å². The number of halogens is 2. The van der Waals surface area contributed by atoms with Crippen molar-refractivity contribution in [3.8, 4) is 0 Å². The number of carbonyl (C=O) groups is 1. The van der Waals surface area contributed by atoms with E-state index in [-0.39, 0.29) is 11.7 Å². The molecular weight excluding hydrogens is 275 g/mol. The van der Waals surface area contributed by atoms with Crippen LogP contribution in [0.4, 0.5) is 4.39 Å². The molecule has 0 aliphatic rings. The van der Waals surface area contributed by atoms with Crippen LogP contribution in [0.3, 0.4) is 0 Å². The first-order chi connectivity index (χ1) is 7.34. The Kier molecular flexibility index (Phi) is 4.08. The van der Waals surface area contributed by atoms with Gasteiger partial charge in [-0.05, 0) is 46.0 Å². The zero-order valence-corrected chi connectivity index (χ0v) is 11.0. The van der Waals surface area contributed by atoms with Gasteiger partial charge in [0.2, 0.25) is 0 Å². The van der Waals surface area contributed by atoms with Crippen LogP contribution >= 0.6 is 15.9 Å². The molecule has 2 nitrogen and oxygen atoms in total. The van der Waals surface area contributed by atoms with Crippen molar-refractivity contribution < 1.29 is 14.3 Å². The molecule has 4 heteroatoms. The Labute approximate surface area is 103 Å². The fourth-order valence-electron chi connectivity index (χ4n) is 1.44. The average Bonchev–Trinajstić information content (AvgIpc) is 2.20. The fourth-order valence-corrected chi connectivity index (χ4v) is 1.94. The molecular formula is C12H14BrFO2. The Morgan fingerprint density at radius 2 is 1.94 bits per heavy atom. The Hall–Kier alpha value is -0.900. The van der Waals surface area contributed by atoms with Gasteiger partial charge in [-0.2, -0.15) is 0 Å². The summed E-state index contributed by atoms with van der Waals surface area (Å²) in [5.41, 5.74) is 1.15. The molecule has 0 radical (unpaired) electrons. The van der Waals surface area contributed by atoms with Gasteiger partial charge in [0, 0.05) is 0 Å². The summed E-state index contributed by atoms with van der Waals surface area (Å²) in [5.74, 6) is -1.82. The lowest BCUT2D eigenvalue weighted by Gasteiger charge is -2.13. The monoisotopic (exact) mass is 288 g/mol. The Bertz CT molecular complexity index is 416. The summed E-state index contributed by atoms with van der Waals surface area (Å²) < 4.78 is 14.0. The third kappa shape index (κ3) is 2.61. The van der Waals surface area contributed by atoms with E-state index >= 15 is 0 Å². The molecule has 0 aromatic heterocycles. The van der Waals surface area contributed by atoms with Gasteiger partial charge in [-0.25, -0.2) is 4.39 Å². The quantitative estimate of drug-likeness (QED) is 0.916. The van der Waals surface area contributed by atoms with Gasteiger partial charge < -0.3 is 5.11 Å². The van der Waals surface area contributed by atoms with E-state index < -0.39 is 11.9 Å². The van der Waals surface area contributed by atoms with Crippen LogP contribution in [-0.4, -0.2) is 11.1 Å². The summed E-state index contributed by atoms with van der Waals surface area (Å²) in [5, 5.41) is 8.92. The number of hydrogen-bond acceptors (Lipinski definition) is 1. The number of aliphatic carboxylic acids is 1. The number of carboxylic acids is 1. The Morgan fingerprint density at radius 3 is 2.38 bits per heavy atom. The molecule has 0 aliphatic carbocycles. The van der Waals surface area contributed by atoms with Crippen LogP contribution in [0.1, 0.15) is 43.7 Å². The second kappa shape index (κ2) is 4.95. The van der Waals surface area contributed by atoms with Gasteiger partial charge in [-0.1, -0.05) is 19.9 Å². The molecule has 1 rings (SSSR count). The molecule has 16 heavy (non-hydrogen) atoms. The number of rotatable bonds is 3. The van der Waals surface area contributed by atoms with Crippen molar-refractivity contribution in [1.29, 1.82) is 0 Å². The molecule has 0 heterocycles. The Morgan fingerprint density at radius 1 is 1.38 bits per heavy atom. The van der Waals surface area contributed by atoms with Crippen molar-refractivity contribution in [2.24, 2.45) is 0 Å². The van der Waals surface area contributed by atoms with E-state index in [0.29, 0.717) is 15.6 Å². The molecule has 0 aliphatic heterocycles. The second-order valence-electron chi connectivity index (χ2n) is 4.12. The summed E-state index contributed by atoms with van der Waals surface area (Å²) >= 11 is 3.11. The van der Waals surface area contributed by atoms with Crippen LogP contribution in [0.5, 0.6) is 0 Å². The highest BCUT2D eigenvalue weighted by Crippen LogP contribution is 2.29. The molecule has 0 fully saturated rings. The van der Waals surface area contributed by atoms with Crippen LogP contribution in [0.15, 0.2) is 16.6 Å². The zero-order chi connectivity index (χ0) is 12.5. The molecule has 1 aromatic rings. The maximum Gasteiger partial charge on any atom is 0.310 e. The SMILES string of the molecule is CC(C)c1cc(C(C)C(=O)O)cc(Br)c1F. The summed E-state index contributed by atoms with van der Waals surface area (Å²) in [6, 6.07) is 3.16. The second-order valence-corrected chi connectivity index (χ2v) is 4.97. The molecule has 0 saturated carbocycles. The van der Waals surface area contributed by atoms with Gasteiger partial charge in [-0.15, -0.1) is 0 Å². The van der Waals surface area contributed by atoms with E-state index in [4.69, 9.17) is 5.11 Å². The molecule has 0 bridgehead atoms. The average molecular weight is 289 g/mol. The third-order valence-electron chi connectivity index (χ3n) is 2.57. The van der Waals surface area contributed by atoms with E-state index in [1.54, 1.807) is 13.0 Å². The van der Waals surface area contributed by atoms with Gasteiger partial charge >= 0.3 is 5.97 Å². The minimum Gasteiger partial charge on any atom is -0.481 e. The summed E-state index contributed by atoms with van der Waals surface area (Å²) in [7, 11) is 0. The maximum absolute atomic E-state index is 13.7. The first-order valence-corrected chi connectivity index (χ1v) is 5.85. The topological polar surface area (TPSA) is 37.3 Å². The lowest BCUT2D eigenvalue weighted by atomic mass is 9.94. The highest BCUT2D eigenvalue weighted by Gasteiger charge is 2.18. The molecule has 1 N–H and O–H groups in total. The molecule has 1 unspecified atom stereocenters. The van der Waals surface area contributed by atoms with Crippen molar-refractivity contribution >= 4 is 21.9 Å². The van der Waals surface area contributed by atoms with Crippen LogP contribution in [0.2, 0.25) is 0 Å². The van der Waals surface area contributed by atoms with Crippen LogP contribution in [-0.2, 0) is 4.79 Å². The minimum absolute atomic E-state index is 0.0252. The predicted molar refractivity (Wildman–Crippen MR) is 64.2 cm³/mol. The molecule has 1 atom stereocenters. The van der Waals surface area contributed by atoms with E-state index in [1.165, 1.54) is 6.07 Å². The van der Waals surface area contributed by atoms with Gasteiger partial charge in [0.15, 0.2) is 0 Å². The number of hydrogen-bond donors (Lipinski definition) is 1. The minimum atomic E-state index is -0.909. The molecule has 1 aromatic carbocycles. The van der Waals surface area contributed by atoms with E-state index in [0.717, 1.165) is 0 Å². The van der Waals surface area contributed by atoms with E-state index in [1.807, 2.05) is 13.8 Å². The van der Waals surface area contributed by atoms with Gasteiger partial charge in [0.25, 0.3) is 0 Å². The molecule has 0 amide bonds. The van der Waals surface area contributed by atoms with E-state index in [9.17, 15) is 9.18 Å². The number of benzene rings is 1. The number of carboxylic acid groups (broad SMARTS) is 1. The largest absolute Gasteiger partial charge is 0.481 e. The van der Waals surface area contributed by atoms with Gasteiger partial charge in [0.1, 0.15) is 5.82 Å². The van der Waals surface area contributed by atoms with E-state index in [2.05, 4.69) is 15.9 Å². The lowest BCUT2D eigenvalue weighted by Crippen LogP contribution is -2.09. The van der Waals surface area contributed by atoms with Crippen LogP contribution < -0.4 is 0 Å². The molecule has 0 saturated heterocycles. The summed E-state index contributed by atoms with van der Waals surface area (Å²) in [6.45, 7) is 5.34. The molecule has 88 valence electrons.